The van der Waals surface area contributed by atoms with Gasteiger partial charge in [0.25, 0.3) is 0 Å². The van der Waals surface area contributed by atoms with Crippen LogP contribution in [0.4, 0.5) is 0 Å². The number of fused-ring (bicyclic) bond motifs is 1. The van der Waals surface area contributed by atoms with Gasteiger partial charge >= 0.3 is 0 Å². The lowest BCUT2D eigenvalue weighted by Gasteiger charge is -2.43. The highest BCUT2D eigenvalue weighted by Gasteiger charge is 2.40. The van der Waals surface area contributed by atoms with Crippen molar-refractivity contribution in [3.05, 3.63) is 48.0 Å². The highest BCUT2D eigenvalue weighted by molar-refractivity contribution is 5.85. The summed E-state index contributed by atoms with van der Waals surface area (Å²) in [4.78, 5) is 2.52. The molecule has 1 unspecified atom stereocenters. The van der Waals surface area contributed by atoms with Crippen molar-refractivity contribution in [2.45, 2.75) is 43.6 Å². The number of piperazine rings is 1. The van der Waals surface area contributed by atoms with Crippen molar-refractivity contribution >= 4 is 24.8 Å². The third-order valence-electron chi connectivity index (χ3n) is 7.04. The van der Waals surface area contributed by atoms with E-state index in [0.29, 0.717) is 0 Å². The maximum atomic E-state index is 11.9. The molecule has 0 radical (unpaired) electrons. The first-order valence-corrected chi connectivity index (χ1v) is 11.4. The number of halogens is 2. The van der Waals surface area contributed by atoms with Gasteiger partial charge in [0.1, 0.15) is 0 Å². The fraction of sp³-hybridized carbons (Fsp3) is 0.520. The maximum Gasteiger partial charge on any atom is 0.231 e. The number of nitrogens with zero attached hydrogens (tertiary/aromatic N) is 1. The number of hydrogen-bond donors (Lipinski definition) is 2. The van der Waals surface area contributed by atoms with E-state index in [1.807, 2.05) is 6.07 Å². The van der Waals surface area contributed by atoms with Crippen LogP contribution in [0, 0.1) is 0 Å². The van der Waals surface area contributed by atoms with Crippen molar-refractivity contribution in [3.63, 3.8) is 0 Å². The van der Waals surface area contributed by atoms with E-state index in [0.717, 1.165) is 75.5 Å². The Morgan fingerprint density at radius 3 is 2.44 bits per heavy atom. The summed E-state index contributed by atoms with van der Waals surface area (Å²) in [5.41, 5.74) is 2.92. The van der Waals surface area contributed by atoms with Gasteiger partial charge in [-0.25, -0.2) is 0 Å². The van der Waals surface area contributed by atoms with Gasteiger partial charge in [-0.1, -0.05) is 49.6 Å². The van der Waals surface area contributed by atoms with Crippen LogP contribution < -0.4 is 14.8 Å². The molecule has 1 atom stereocenters. The molecule has 2 N–H and O–H groups in total. The number of ether oxygens (including phenoxy) is 2. The second-order valence-corrected chi connectivity index (χ2v) is 8.92. The van der Waals surface area contributed by atoms with E-state index in [9.17, 15) is 5.11 Å². The summed E-state index contributed by atoms with van der Waals surface area (Å²) in [6.45, 7) is 5.31. The molecule has 176 valence electrons. The predicted molar refractivity (Wildman–Crippen MR) is 133 cm³/mol. The van der Waals surface area contributed by atoms with Gasteiger partial charge in [0.2, 0.25) is 6.79 Å². The van der Waals surface area contributed by atoms with E-state index in [2.05, 4.69) is 46.6 Å². The quantitative estimate of drug-likeness (QED) is 0.654. The Kier molecular flexibility index (Phi) is 8.70. The molecule has 3 aliphatic rings. The topological polar surface area (TPSA) is 54.0 Å². The summed E-state index contributed by atoms with van der Waals surface area (Å²) in [5.74, 6) is 1.70. The van der Waals surface area contributed by atoms with Gasteiger partial charge in [-0.15, -0.1) is 24.8 Å². The number of hydrogen-bond acceptors (Lipinski definition) is 5. The summed E-state index contributed by atoms with van der Waals surface area (Å²) < 4.78 is 11.1. The number of rotatable bonds is 5. The normalized spacial score (nSPS) is 20.7. The van der Waals surface area contributed by atoms with Gasteiger partial charge in [0.15, 0.2) is 11.5 Å². The van der Waals surface area contributed by atoms with Crippen LogP contribution in [0.1, 0.15) is 43.6 Å². The average Bonchev–Trinajstić information content (AvgIpc) is 3.27. The molecular weight excluding hydrogens is 447 g/mol. The van der Waals surface area contributed by atoms with Crippen LogP contribution in [0.15, 0.2) is 42.5 Å². The van der Waals surface area contributed by atoms with Crippen LogP contribution >= 0.6 is 24.8 Å². The van der Waals surface area contributed by atoms with E-state index in [1.54, 1.807) is 0 Å². The highest BCUT2D eigenvalue weighted by Crippen LogP contribution is 2.44. The molecule has 2 fully saturated rings. The van der Waals surface area contributed by atoms with Crippen molar-refractivity contribution in [3.8, 4) is 22.6 Å². The first-order valence-electron chi connectivity index (χ1n) is 11.4. The fourth-order valence-electron chi connectivity index (χ4n) is 5.35. The third kappa shape index (κ3) is 5.18. The van der Waals surface area contributed by atoms with Crippen molar-refractivity contribution in [1.82, 2.24) is 10.2 Å². The van der Waals surface area contributed by atoms with Gasteiger partial charge in [0.05, 0.1) is 5.60 Å². The zero-order chi connectivity index (χ0) is 20.4. The van der Waals surface area contributed by atoms with Crippen LogP contribution in [0.5, 0.6) is 11.5 Å². The molecule has 0 amide bonds. The molecule has 7 heteroatoms. The zero-order valence-electron chi connectivity index (χ0n) is 18.4. The Balaban J connectivity index is 0.00000144. The molecule has 2 aromatic carbocycles. The Morgan fingerprint density at radius 1 is 0.938 bits per heavy atom. The van der Waals surface area contributed by atoms with E-state index < -0.39 is 5.60 Å². The summed E-state index contributed by atoms with van der Waals surface area (Å²) in [5, 5.41) is 15.3. The molecule has 2 aromatic rings. The average molecular weight is 481 g/mol. The van der Waals surface area contributed by atoms with E-state index in [-0.39, 0.29) is 37.5 Å². The summed E-state index contributed by atoms with van der Waals surface area (Å²) in [7, 11) is 0. The zero-order valence-corrected chi connectivity index (χ0v) is 20.1. The fourth-order valence-corrected chi connectivity index (χ4v) is 5.35. The number of benzene rings is 2. The first kappa shape index (κ1) is 25.1. The molecule has 32 heavy (non-hydrogen) atoms. The molecule has 2 heterocycles. The van der Waals surface area contributed by atoms with Gasteiger partial charge in [-0.2, -0.15) is 0 Å². The molecule has 1 saturated carbocycles. The monoisotopic (exact) mass is 480 g/mol. The number of aliphatic hydroxyl groups is 1. The standard InChI is InChI=1S/C25H32N2O3.2ClH/c28-25(10-4-1-5-11-25)22(17-27-14-12-26-13-15-27)21-7-3-2-6-20(21)19-8-9-23-24(16-19)30-18-29-23;;/h2-3,6-9,16,22,26,28H,1,4-5,10-15,17-18H2;2*1H. The maximum absolute atomic E-state index is 11.9. The molecule has 2 aliphatic heterocycles. The van der Waals surface area contributed by atoms with E-state index in [4.69, 9.17) is 9.47 Å². The van der Waals surface area contributed by atoms with Crippen LogP contribution in [0.2, 0.25) is 0 Å². The second-order valence-electron chi connectivity index (χ2n) is 8.92. The third-order valence-corrected chi connectivity index (χ3v) is 7.04. The van der Waals surface area contributed by atoms with Crippen LogP contribution in [0.3, 0.4) is 0 Å². The largest absolute Gasteiger partial charge is 0.454 e. The van der Waals surface area contributed by atoms with E-state index in [1.165, 1.54) is 17.5 Å². The number of nitrogens with one attached hydrogen (secondary N) is 1. The molecule has 5 rings (SSSR count). The van der Waals surface area contributed by atoms with Crippen LogP contribution in [-0.4, -0.2) is 55.1 Å². The van der Waals surface area contributed by atoms with Crippen molar-refractivity contribution in [2.75, 3.05) is 39.5 Å². The minimum atomic E-state index is -0.643. The SMILES string of the molecule is Cl.Cl.OC1(C(CN2CCNCC2)c2ccccc2-c2ccc3c(c2)OCO3)CCCCC1. The Labute approximate surface area is 203 Å². The predicted octanol–water partition coefficient (Wildman–Crippen LogP) is 4.61. The lowest BCUT2D eigenvalue weighted by atomic mass is 9.71. The Morgan fingerprint density at radius 2 is 1.66 bits per heavy atom. The summed E-state index contributed by atoms with van der Waals surface area (Å²) >= 11 is 0. The molecule has 0 aromatic heterocycles. The van der Waals surface area contributed by atoms with Gasteiger partial charge in [0, 0.05) is 38.6 Å². The lowest BCUT2D eigenvalue weighted by Crippen LogP contribution is -2.49. The van der Waals surface area contributed by atoms with Crippen molar-refractivity contribution in [2.24, 2.45) is 0 Å². The smallest absolute Gasteiger partial charge is 0.231 e. The first-order chi connectivity index (χ1) is 14.7. The second kappa shape index (κ2) is 11.1. The molecule has 1 saturated heterocycles. The Bertz CT molecular complexity index is 883. The highest BCUT2D eigenvalue weighted by atomic mass is 35.5. The Hall–Kier alpha value is -1.50. The summed E-state index contributed by atoms with van der Waals surface area (Å²) in [6.07, 6.45) is 5.23. The van der Waals surface area contributed by atoms with Gasteiger partial charge in [-0.3, -0.25) is 0 Å². The van der Waals surface area contributed by atoms with Crippen LogP contribution in [-0.2, 0) is 0 Å². The lowest BCUT2D eigenvalue weighted by molar-refractivity contribution is -0.0315. The van der Waals surface area contributed by atoms with Crippen LogP contribution in [0.25, 0.3) is 11.1 Å². The van der Waals surface area contributed by atoms with E-state index >= 15 is 0 Å². The van der Waals surface area contributed by atoms with Crippen molar-refractivity contribution in [1.29, 1.82) is 0 Å². The van der Waals surface area contributed by atoms with Gasteiger partial charge < -0.3 is 24.8 Å². The minimum absolute atomic E-state index is 0. The molecule has 0 spiro atoms. The van der Waals surface area contributed by atoms with Gasteiger partial charge in [-0.05, 0) is 41.7 Å². The molecule has 0 bridgehead atoms. The molecule has 5 nitrogen and oxygen atoms in total. The summed E-state index contributed by atoms with van der Waals surface area (Å²) in [6, 6.07) is 14.8. The minimum Gasteiger partial charge on any atom is -0.454 e. The molecule has 1 aliphatic carbocycles. The van der Waals surface area contributed by atoms with Crippen molar-refractivity contribution < 1.29 is 14.6 Å². The molecular formula is C25H34Cl2N2O3.